The quantitative estimate of drug-likeness (QED) is 0.851. The molecule has 1 unspecified atom stereocenters. The predicted molar refractivity (Wildman–Crippen MR) is 85.7 cm³/mol. The lowest BCUT2D eigenvalue weighted by atomic mass is 10.0. The van der Waals surface area contributed by atoms with Gasteiger partial charge in [0.25, 0.3) is 0 Å². The Morgan fingerprint density at radius 1 is 1.29 bits per heavy atom. The fourth-order valence-corrected chi connectivity index (χ4v) is 2.57. The van der Waals surface area contributed by atoms with Gasteiger partial charge in [-0.2, -0.15) is 5.10 Å². The third-order valence-electron chi connectivity index (χ3n) is 3.75. The molecule has 0 aliphatic carbocycles. The largest absolute Gasteiger partial charge is 0.494 e. The molecule has 2 aromatic rings. The van der Waals surface area contributed by atoms with Crippen molar-refractivity contribution in [2.24, 2.45) is 7.05 Å². The molecule has 1 aromatic carbocycles. The van der Waals surface area contributed by atoms with Gasteiger partial charge in [-0.05, 0) is 32.5 Å². The second-order valence-corrected chi connectivity index (χ2v) is 5.12. The number of hydrogen-bond acceptors (Lipinski definition) is 3. The summed E-state index contributed by atoms with van der Waals surface area (Å²) in [6, 6.07) is 10.6. The van der Waals surface area contributed by atoms with Gasteiger partial charge in [0, 0.05) is 30.8 Å². The number of aryl methyl sites for hydroxylation is 2. The zero-order valence-electron chi connectivity index (χ0n) is 13.4. The molecule has 2 rings (SSSR count). The maximum absolute atomic E-state index is 5.75. The first kappa shape index (κ1) is 15.6. The van der Waals surface area contributed by atoms with Gasteiger partial charge < -0.3 is 10.1 Å². The average Bonchev–Trinajstić information content (AvgIpc) is 2.86. The Labute approximate surface area is 127 Å². The summed E-state index contributed by atoms with van der Waals surface area (Å²) in [4.78, 5) is 0. The van der Waals surface area contributed by atoms with Crippen LogP contribution < -0.4 is 10.1 Å². The van der Waals surface area contributed by atoms with Crippen molar-refractivity contribution in [1.82, 2.24) is 15.1 Å². The van der Waals surface area contributed by atoms with E-state index >= 15 is 0 Å². The fourth-order valence-electron chi connectivity index (χ4n) is 2.57. The van der Waals surface area contributed by atoms with Crippen molar-refractivity contribution in [3.63, 3.8) is 0 Å². The van der Waals surface area contributed by atoms with Crippen LogP contribution in [0.2, 0.25) is 0 Å². The van der Waals surface area contributed by atoms with Crippen LogP contribution >= 0.6 is 0 Å². The summed E-state index contributed by atoms with van der Waals surface area (Å²) in [5, 5.41) is 7.93. The highest BCUT2D eigenvalue weighted by atomic mass is 16.5. The maximum Gasteiger partial charge on any atom is 0.124 e. The number of hydrogen-bond donors (Lipinski definition) is 1. The van der Waals surface area contributed by atoms with Crippen LogP contribution in [0.15, 0.2) is 30.3 Å². The minimum Gasteiger partial charge on any atom is -0.494 e. The Balaban J connectivity index is 2.25. The molecule has 0 fully saturated rings. The third kappa shape index (κ3) is 3.64. The molecule has 0 saturated heterocycles. The topological polar surface area (TPSA) is 39.1 Å². The van der Waals surface area contributed by atoms with Crippen LogP contribution in [-0.4, -0.2) is 23.4 Å². The highest BCUT2D eigenvalue weighted by molar-refractivity contribution is 5.36. The number of rotatable bonds is 7. The van der Waals surface area contributed by atoms with Crippen LogP contribution in [-0.2, 0) is 19.9 Å². The van der Waals surface area contributed by atoms with Crippen LogP contribution in [0.5, 0.6) is 5.75 Å². The minimum absolute atomic E-state index is 0.216. The summed E-state index contributed by atoms with van der Waals surface area (Å²) in [7, 11) is 4.00. The normalized spacial score (nSPS) is 12.4. The van der Waals surface area contributed by atoms with Crippen LogP contribution in [0.1, 0.15) is 36.8 Å². The maximum atomic E-state index is 5.75. The Morgan fingerprint density at radius 2 is 2.05 bits per heavy atom. The second kappa shape index (κ2) is 7.27. The van der Waals surface area contributed by atoms with Crippen molar-refractivity contribution in [3.8, 4) is 5.75 Å². The van der Waals surface area contributed by atoms with Gasteiger partial charge >= 0.3 is 0 Å². The second-order valence-electron chi connectivity index (χ2n) is 5.12. The molecule has 0 aliphatic heterocycles. The van der Waals surface area contributed by atoms with E-state index in [1.54, 1.807) is 0 Å². The van der Waals surface area contributed by atoms with Crippen molar-refractivity contribution in [1.29, 1.82) is 0 Å². The first-order valence-electron chi connectivity index (χ1n) is 7.60. The first-order chi connectivity index (χ1) is 10.2. The monoisotopic (exact) mass is 287 g/mol. The lowest BCUT2D eigenvalue weighted by molar-refractivity contribution is 0.331. The molecule has 0 spiro atoms. The van der Waals surface area contributed by atoms with E-state index in [4.69, 9.17) is 4.74 Å². The molecule has 0 saturated carbocycles. The SMILES string of the molecule is CCOc1ccccc1C(Cc1cc(CC)nn1C)NC. The van der Waals surface area contributed by atoms with Crippen LogP contribution in [0.3, 0.4) is 0 Å². The van der Waals surface area contributed by atoms with E-state index in [0.29, 0.717) is 6.61 Å². The van der Waals surface area contributed by atoms with Crippen LogP contribution in [0, 0.1) is 0 Å². The van der Waals surface area contributed by atoms with E-state index in [1.165, 1.54) is 11.3 Å². The van der Waals surface area contributed by atoms with Gasteiger partial charge in [-0.15, -0.1) is 0 Å². The molecule has 4 heteroatoms. The molecule has 4 nitrogen and oxygen atoms in total. The molecule has 0 amide bonds. The van der Waals surface area contributed by atoms with E-state index in [9.17, 15) is 0 Å². The number of likely N-dealkylation sites (N-methyl/N-ethyl adjacent to an activating group) is 1. The molecular weight excluding hydrogens is 262 g/mol. The van der Waals surface area contributed by atoms with Gasteiger partial charge in [-0.1, -0.05) is 25.1 Å². The lowest BCUT2D eigenvalue weighted by Crippen LogP contribution is -2.21. The number of ether oxygens (including phenoxy) is 1. The number of nitrogens with one attached hydrogen (secondary N) is 1. The van der Waals surface area contributed by atoms with Gasteiger partial charge in [0.05, 0.1) is 12.3 Å². The fraction of sp³-hybridized carbons (Fsp3) is 0.471. The van der Waals surface area contributed by atoms with E-state index in [2.05, 4.69) is 35.5 Å². The van der Waals surface area contributed by atoms with Crippen LogP contribution in [0.25, 0.3) is 0 Å². The van der Waals surface area contributed by atoms with E-state index in [-0.39, 0.29) is 6.04 Å². The summed E-state index contributed by atoms with van der Waals surface area (Å²) in [5.74, 6) is 0.956. The summed E-state index contributed by atoms with van der Waals surface area (Å²) >= 11 is 0. The molecule has 114 valence electrons. The summed E-state index contributed by atoms with van der Waals surface area (Å²) in [5.41, 5.74) is 3.57. The number of para-hydroxylation sites is 1. The highest BCUT2D eigenvalue weighted by Crippen LogP contribution is 2.27. The Kier molecular flexibility index (Phi) is 5.39. The molecule has 0 aliphatic rings. The van der Waals surface area contributed by atoms with E-state index < -0.39 is 0 Å². The molecule has 1 atom stereocenters. The van der Waals surface area contributed by atoms with E-state index in [1.807, 2.05) is 37.8 Å². The van der Waals surface area contributed by atoms with Gasteiger partial charge in [-0.25, -0.2) is 0 Å². The van der Waals surface area contributed by atoms with Gasteiger partial charge in [0.1, 0.15) is 5.75 Å². The van der Waals surface area contributed by atoms with Crippen molar-refractivity contribution in [2.75, 3.05) is 13.7 Å². The van der Waals surface area contributed by atoms with Gasteiger partial charge in [0.15, 0.2) is 0 Å². The molecule has 21 heavy (non-hydrogen) atoms. The predicted octanol–water partition coefficient (Wildman–Crippen LogP) is 2.88. The standard InChI is InChI=1S/C17H25N3O/c1-5-13-11-14(20(4)19-13)12-16(18-3)15-9-7-8-10-17(15)21-6-2/h7-11,16,18H,5-6,12H2,1-4H3. The zero-order valence-corrected chi connectivity index (χ0v) is 13.4. The third-order valence-corrected chi connectivity index (χ3v) is 3.75. The smallest absolute Gasteiger partial charge is 0.124 e. The number of nitrogens with zero attached hydrogens (tertiary/aromatic N) is 2. The first-order valence-corrected chi connectivity index (χ1v) is 7.60. The van der Waals surface area contributed by atoms with Crippen molar-refractivity contribution < 1.29 is 4.74 Å². The number of aromatic nitrogens is 2. The summed E-state index contributed by atoms with van der Waals surface area (Å²) in [6.45, 7) is 4.82. The molecule has 1 N–H and O–H groups in total. The zero-order chi connectivity index (χ0) is 15.2. The molecule has 0 bridgehead atoms. The van der Waals surface area contributed by atoms with Crippen molar-refractivity contribution in [2.45, 2.75) is 32.7 Å². The Hall–Kier alpha value is -1.81. The molecule has 1 heterocycles. The summed E-state index contributed by atoms with van der Waals surface area (Å²) < 4.78 is 7.73. The van der Waals surface area contributed by atoms with Crippen LogP contribution in [0.4, 0.5) is 0 Å². The Morgan fingerprint density at radius 3 is 2.67 bits per heavy atom. The molecule has 1 aromatic heterocycles. The van der Waals surface area contributed by atoms with E-state index in [0.717, 1.165) is 24.3 Å². The molecule has 0 radical (unpaired) electrons. The van der Waals surface area contributed by atoms with Crippen molar-refractivity contribution >= 4 is 0 Å². The van der Waals surface area contributed by atoms with Gasteiger partial charge in [-0.3, -0.25) is 4.68 Å². The number of benzene rings is 1. The average molecular weight is 287 g/mol. The Bertz CT molecular complexity index is 577. The minimum atomic E-state index is 0.216. The summed E-state index contributed by atoms with van der Waals surface area (Å²) in [6.07, 6.45) is 1.86. The van der Waals surface area contributed by atoms with Crippen molar-refractivity contribution in [3.05, 3.63) is 47.3 Å². The van der Waals surface area contributed by atoms with Gasteiger partial charge in [0.2, 0.25) is 0 Å². The highest BCUT2D eigenvalue weighted by Gasteiger charge is 2.17. The lowest BCUT2D eigenvalue weighted by Gasteiger charge is -2.20. The molecular formula is C17H25N3O.